The number of esters is 1. The zero-order valence-electron chi connectivity index (χ0n) is 20.8. The molecule has 2 N–H and O–H groups in total. The molecule has 1 aliphatic heterocycles. The first-order chi connectivity index (χ1) is 17.4. The van der Waals surface area contributed by atoms with Gasteiger partial charge in [-0.25, -0.2) is 9.59 Å². The Morgan fingerprint density at radius 2 is 1.67 bits per heavy atom. The van der Waals surface area contributed by atoms with E-state index in [1.54, 1.807) is 45.2 Å². The Morgan fingerprint density at radius 1 is 0.972 bits per heavy atom. The van der Waals surface area contributed by atoms with Crippen LogP contribution in [0.3, 0.4) is 0 Å². The van der Waals surface area contributed by atoms with E-state index in [9.17, 15) is 9.59 Å². The van der Waals surface area contributed by atoms with E-state index in [-0.39, 0.29) is 6.10 Å². The van der Waals surface area contributed by atoms with Gasteiger partial charge >= 0.3 is 12.0 Å². The van der Waals surface area contributed by atoms with E-state index >= 15 is 0 Å². The number of ether oxygens (including phenoxy) is 3. The van der Waals surface area contributed by atoms with Crippen LogP contribution in [0.1, 0.15) is 42.1 Å². The van der Waals surface area contributed by atoms with Crippen molar-refractivity contribution >= 4 is 17.7 Å². The Labute approximate surface area is 211 Å². The molecule has 7 nitrogen and oxygen atoms in total. The lowest BCUT2D eigenvalue weighted by atomic mass is 9.92. The minimum atomic E-state index is -0.782. The molecule has 2 amide bonds. The second-order valence-electron chi connectivity index (χ2n) is 8.76. The molecule has 0 saturated carbocycles. The van der Waals surface area contributed by atoms with Crippen molar-refractivity contribution < 1.29 is 23.8 Å². The maximum Gasteiger partial charge on any atom is 0.338 e. The summed E-state index contributed by atoms with van der Waals surface area (Å²) in [6.07, 6.45) is -0.340. The van der Waals surface area contributed by atoms with Gasteiger partial charge in [0.15, 0.2) is 0 Å². The number of urea groups is 1. The number of nitrogens with one attached hydrogen (secondary N) is 2. The lowest BCUT2D eigenvalue weighted by Crippen LogP contribution is -2.45. The number of carbonyl (C=O) groups excluding carboxylic acids is 2. The summed E-state index contributed by atoms with van der Waals surface area (Å²) in [7, 11) is 1.58. The molecule has 36 heavy (non-hydrogen) atoms. The van der Waals surface area contributed by atoms with Gasteiger partial charge in [0.2, 0.25) is 0 Å². The largest absolute Gasteiger partial charge is 0.497 e. The highest BCUT2D eigenvalue weighted by Gasteiger charge is 2.36. The lowest BCUT2D eigenvalue weighted by molar-refractivity contribution is -0.143. The fraction of sp³-hybridized carbons (Fsp3) is 0.241. The van der Waals surface area contributed by atoms with Gasteiger partial charge in [-0.3, -0.25) is 0 Å². The third kappa shape index (κ3) is 5.51. The Hall–Kier alpha value is -4.26. The van der Waals surface area contributed by atoms with Crippen molar-refractivity contribution in [1.82, 2.24) is 10.6 Å². The first-order valence-electron chi connectivity index (χ1n) is 11.8. The zero-order valence-corrected chi connectivity index (χ0v) is 20.8. The molecule has 0 radical (unpaired) electrons. The van der Waals surface area contributed by atoms with Crippen molar-refractivity contribution in [2.45, 2.75) is 39.5 Å². The van der Waals surface area contributed by atoms with E-state index in [4.69, 9.17) is 14.2 Å². The smallest absolute Gasteiger partial charge is 0.338 e. The first-order valence-corrected chi connectivity index (χ1v) is 11.8. The average molecular weight is 487 g/mol. The molecule has 1 heterocycles. The quantitative estimate of drug-likeness (QED) is 0.422. The maximum absolute atomic E-state index is 13.4. The van der Waals surface area contributed by atoms with Crippen LogP contribution in [0.5, 0.6) is 11.5 Å². The molecule has 1 unspecified atom stereocenters. The van der Waals surface area contributed by atoms with Gasteiger partial charge < -0.3 is 24.8 Å². The topological polar surface area (TPSA) is 85.9 Å². The highest BCUT2D eigenvalue weighted by atomic mass is 16.5. The summed E-state index contributed by atoms with van der Waals surface area (Å²) >= 11 is 0. The molecule has 0 spiro atoms. The van der Waals surface area contributed by atoms with Gasteiger partial charge in [0.25, 0.3) is 0 Å². The number of amides is 2. The molecule has 3 aromatic rings. The molecule has 0 saturated heterocycles. The number of benzene rings is 3. The van der Waals surface area contributed by atoms with Crippen LogP contribution in [-0.4, -0.2) is 25.2 Å². The fourth-order valence-corrected chi connectivity index (χ4v) is 4.06. The maximum atomic E-state index is 13.4. The standard InChI is InChI=1S/C29H30N2O5/c1-18(2)36-28(32)25-26(20-13-15-22(34-4)16-14-20)30-29(33)31-27(25)23-11-7-8-12-24(23)35-17-21-10-6-5-9-19(21)3/h5-16,18,27H,17H2,1-4H3,(H2,30,31,33). The minimum Gasteiger partial charge on any atom is -0.497 e. The first kappa shape index (κ1) is 24.9. The summed E-state index contributed by atoms with van der Waals surface area (Å²) in [6.45, 7) is 5.95. The van der Waals surface area contributed by atoms with Crippen molar-refractivity contribution in [3.8, 4) is 11.5 Å². The Bertz CT molecular complexity index is 1280. The third-order valence-electron chi connectivity index (χ3n) is 5.89. The van der Waals surface area contributed by atoms with E-state index in [1.807, 2.05) is 55.5 Å². The van der Waals surface area contributed by atoms with Crippen LogP contribution in [0.25, 0.3) is 5.70 Å². The number of rotatable bonds is 8. The van der Waals surface area contributed by atoms with Gasteiger partial charge in [-0.05, 0) is 67.8 Å². The van der Waals surface area contributed by atoms with Crippen LogP contribution in [-0.2, 0) is 16.1 Å². The summed E-state index contributed by atoms with van der Waals surface area (Å²) < 4.78 is 17.1. The molecule has 1 atom stereocenters. The molecular formula is C29H30N2O5. The van der Waals surface area contributed by atoms with Gasteiger partial charge in [-0.2, -0.15) is 0 Å². The van der Waals surface area contributed by atoms with Crippen LogP contribution in [0, 0.1) is 6.92 Å². The molecule has 7 heteroatoms. The number of hydrogen-bond acceptors (Lipinski definition) is 5. The molecular weight excluding hydrogens is 456 g/mol. The molecule has 0 aliphatic carbocycles. The Balaban J connectivity index is 1.79. The zero-order chi connectivity index (χ0) is 25.7. The van der Waals surface area contributed by atoms with Crippen LogP contribution >= 0.6 is 0 Å². The van der Waals surface area contributed by atoms with Gasteiger partial charge in [0.05, 0.1) is 30.5 Å². The van der Waals surface area contributed by atoms with Crippen LogP contribution < -0.4 is 20.1 Å². The molecule has 4 rings (SSSR count). The summed E-state index contributed by atoms with van der Waals surface area (Å²) in [5.74, 6) is 0.705. The number of aryl methyl sites for hydroxylation is 1. The molecule has 0 fully saturated rings. The van der Waals surface area contributed by atoms with Gasteiger partial charge in [0.1, 0.15) is 18.1 Å². The number of carbonyl (C=O) groups is 2. The highest BCUT2D eigenvalue weighted by molar-refractivity contribution is 6.04. The van der Waals surface area contributed by atoms with Crippen LogP contribution in [0.2, 0.25) is 0 Å². The van der Waals surface area contributed by atoms with Crippen LogP contribution in [0.15, 0.2) is 78.4 Å². The fourth-order valence-electron chi connectivity index (χ4n) is 4.06. The summed E-state index contributed by atoms with van der Waals surface area (Å²) in [6, 6.07) is 21.3. The number of hydrogen-bond donors (Lipinski definition) is 2. The Kier molecular flexibility index (Phi) is 7.59. The van der Waals surface area contributed by atoms with Crippen molar-refractivity contribution in [2.75, 3.05) is 7.11 Å². The SMILES string of the molecule is COc1ccc(C2=C(C(=O)OC(C)C)C(c3ccccc3OCc3ccccc3C)NC(=O)N2)cc1. The average Bonchev–Trinajstić information content (AvgIpc) is 2.87. The summed E-state index contributed by atoms with van der Waals surface area (Å²) in [5.41, 5.74) is 4.15. The van der Waals surface area contributed by atoms with Crippen molar-refractivity contribution in [2.24, 2.45) is 0 Å². The number of methoxy groups -OCH3 is 1. The normalized spacial score (nSPS) is 15.2. The predicted octanol–water partition coefficient (Wildman–Crippen LogP) is 5.30. The second-order valence-corrected chi connectivity index (χ2v) is 8.76. The van der Waals surface area contributed by atoms with E-state index < -0.39 is 18.0 Å². The minimum absolute atomic E-state index is 0.292. The van der Waals surface area contributed by atoms with E-state index in [2.05, 4.69) is 10.6 Å². The number of para-hydroxylation sites is 1. The third-order valence-corrected chi connectivity index (χ3v) is 5.89. The monoisotopic (exact) mass is 486 g/mol. The second kappa shape index (κ2) is 11.0. The van der Waals surface area contributed by atoms with E-state index in [0.717, 1.165) is 11.1 Å². The predicted molar refractivity (Wildman–Crippen MR) is 138 cm³/mol. The van der Waals surface area contributed by atoms with Gasteiger partial charge in [-0.15, -0.1) is 0 Å². The van der Waals surface area contributed by atoms with E-state index in [1.165, 1.54) is 0 Å². The molecule has 0 bridgehead atoms. The van der Waals surface area contributed by atoms with Gasteiger partial charge in [-0.1, -0.05) is 42.5 Å². The summed E-state index contributed by atoms with van der Waals surface area (Å²) in [4.78, 5) is 26.2. The molecule has 1 aliphatic rings. The van der Waals surface area contributed by atoms with Crippen molar-refractivity contribution in [1.29, 1.82) is 0 Å². The van der Waals surface area contributed by atoms with Crippen molar-refractivity contribution in [3.63, 3.8) is 0 Å². The Morgan fingerprint density at radius 3 is 2.36 bits per heavy atom. The van der Waals surface area contributed by atoms with Gasteiger partial charge in [0, 0.05) is 5.56 Å². The van der Waals surface area contributed by atoms with Crippen LogP contribution in [0.4, 0.5) is 4.79 Å². The highest BCUT2D eigenvalue weighted by Crippen LogP contribution is 2.37. The summed E-state index contributed by atoms with van der Waals surface area (Å²) in [5, 5.41) is 5.70. The molecule has 0 aromatic heterocycles. The van der Waals surface area contributed by atoms with Crippen molar-refractivity contribution in [3.05, 3.63) is 101 Å². The lowest BCUT2D eigenvalue weighted by Gasteiger charge is -2.31. The molecule has 186 valence electrons. The molecule has 3 aromatic carbocycles. The van der Waals surface area contributed by atoms with E-state index in [0.29, 0.717) is 40.5 Å².